The Morgan fingerprint density at radius 2 is 1.41 bits per heavy atom. The van der Waals surface area contributed by atoms with Crippen molar-refractivity contribution in [3.05, 3.63) is 42.2 Å². The Labute approximate surface area is 208 Å². The first-order valence-electron chi connectivity index (χ1n) is 13.8. The molecule has 2 rings (SSSR count). The molecule has 2 unspecified atom stereocenters. The minimum Gasteiger partial charge on any atom is -0.490 e. The van der Waals surface area contributed by atoms with Crippen LogP contribution in [0.4, 0.5) is 4.39 Å². The number of rotatable bonds is 19. The van der Waals surface area contributed by atoms with Crippen LogP contribution in [0, 0.1) is 5.92 Å². The molecule has 1 aromatic carbocycles. The molecule has 2 atom stereocenters. The molecule has 0 bridgehead atoms. The summed E-state index contributed by atoms with van der Waals surface area (Å²) in [6, 6.07) is 8.58. The number of benzene rings is 1. The summed E-state index contributed by atoms with van der Waals surface area (Å²) in [5, 5.41) is 0. The number of unbranched alkanes of at least 4 members (excludes halogenated alkanes) is 7. The maximum Gasteiger partial charge on any atom is 0.159 e. The first-order valence-corrected chi connectivity index (χ1v) is 13.8. The second kappa shape index (κ2) is 17.5. The van der Waals surface area contributed by atoms with Crippen LogP contribution in [0.25, 0.3) is 11.4 Å². The summed E-state index contributed by atoms with van der Waals surface area (Å²) in [4.78, 5) is 8.89. The summed E-state index contributed by atoms with van der Waals surface area (Å²) in [6.07, 6.45) is 18.8. The summed E-state index contributed by atoms with van der Waals surface area (Å²) in [5.74, 6) is 1.89. The van der Waals surface area contributed by atoms with Crippen molar-refractivity contribution in [3.8, 4) is 17.1 Å². The average molecular weight is 471 g/mol. The van der Waals surface area contributed by atoms with Crippen molar-refractivity contribution < 1.29 is 9.13 Å². The molecule has 0 aliphatic rings. The van der Waals surface area contributed by atoms with Crippen LogP contribution in [-0.4, -0.2) is 22.7 Å². The quantitative estimate of drug-likeness (QED) is 0.192. The average Bonchev–Trinajstić information content (AvgIpc) is 2.85. The van der Waals surface area contributed by atoms with Gasteiger partial charge in [0.1, 0.15) is 6.17 Å². The van der Waals surface area contributed by atoms with E-state index in [1.54, 1.807) is 12.4 Å². The number of ether oxygens (including phenoxy) is 1. The van der Waals surface area contributed by atoms with Gasteiger partial charge in [0, 0.05) is 12.0 Å². The molecular formula is C30H47FN2O. The van der Waals surface area contributed by atoms with Crippen LogP contribution < -0.4 is 4.74 Å². The van der Waals surface area contributed by atoms with Gasteiger partial charge < -0.3 is 4.74 Å². The minimum atomic E-state index is -0.802. The second-order valence-electron chi connectivity index (χ2n) is 9.87. The van der Waals surface area contributed by atoms with Gasteiger partial charge in [-0.25, -0.2) is 14.4 Å². The van der Waals surface area contributed by atoms with Crippen molar-refractivity contribution >= 4 is 0 Å². The van der Waals surface area contributed by atoms with Crippen LogP contribution in [0.15, 0.2) is 36.7 Å². The first-order chi connectivity index (χ1) is 16.6. The van der Waals surface area contributed by atoms with Gasteiger partial charge >= 0.3 is 0 Å². The molecule has 3 nitrogen and oxygen atoms in total. The van der Waals surface area contributed by atoms with Gasteiger partial charge in [0.15, 0.2) is 11.6 Å². The number of halogens is 1. The molecule has 0 N–H and O–H groups in total. The number of aromatic nitrogens is 2. The van der Waals surface area contributed by atoms with Gasteiger partial charge in [-0.1, -0.05) is 103 Å². The smallest absolute Gasteiger partial charge is 0.159 e. The molecular weight excluding hydrogens is 423 g/mol. The Hall–Kier alpha value is -1.97. The first kappa shape index (κ1) is 28.3. The fourth-order valence-corrected chi connectivity index (χ4v) is 4.37. The predicted molar refractivity (Wildman–Crippen MR) is 142 cm³/mol. The molecule has 190 valence electrons. The van der Waals surface area contributed by atoms with Crippen LogP contribution in [0.1, 0.15) is 110 Å². The van der Waals surface area contributed by atoms with Crippen molar-refractivity contribution in [3.63, 3.8) is 0 Å². The minimum absolute atomic E-state index is 0.361. The number of hydrogen-bond donors (Lipinski definition) is 0. The molecule has 0 fully saturated rings. The third kappa shape index (κ3) is 11.9. The van der Waals surface area contributed by atoms with Crippen LogP contribution in [0.3, 0.4) is 0 Å². The lowest BCUT2D eigenvalue weighted by Crippen LogP contribution is -2.09. The van der Waals surface area contributed by atoms with E-state index in [0.717, 1.165) is 18.4 Å². The van der Waals surface area contributed by atoms with Gasteiger partial charge in [-0.15, -0.1) is 0 Å². The molecule has 34 heavy (non-hydrogen) atoms. The number of alkyl halides is 1. The molecule has 0 aliphatic carbocycles. The molecule has 1 aromatic heterocycles. The van der Waals surface area contributed by atoms with Gasteiger partial charge in [-0.3, -0.25) is 0 Å². The monoisotopic (exact) mass is 470 g/mol. The van der Waals surface area contributed by atoms with E-state index >= 15 is 0 Å². The highest BCUT2D eigenvalue weighted by Gasteiger charge is 2.10. The van der Waals surface area contributed by atoms with Crippen molar-refractivity contribution in [2.75, 3.05) is 6.61 Å². The van der Waals surface area contributed by atoms with Gasteiger partial charge in [0.05, 0.1) is 19.0 Å². The Balaban J connectivity index is 1.65. The Morgan fingerprint density at radius 3 is 2.06 bits per heavy atom. The third-order valence-electron chi connectivity index (χ3n) is 6.61. The normalized spacial score (nSPS) is 13.1. The van der Waals surface area contributed by atoms with Crippen LogP contribution in [0.5, 0.6) is 5.75 Å². The van der Waals surface area contributed by atoms with Crippen molar-refractivity contribution in [2.45, 2.75) is 117 Å². The van der Waals surface area contributed by atoms with Crippen molar-refractivity contribution in [1.82, 2.24) is 9.97 Å². The highest BCUT2D eigenvalue weighted by Crippen LogP contribution is 2.20. The molecule has 1 heterocycles. The maximum absolute atomic E-state index is 14.1. The number of aryl methyl sites for hydroxylation is 1. The zero-order valence-corrected chi connectivity index (χ0v) is 21.9. The molecule has 0 aliphatic heterocycles. The van der Waals surface area contributed by atoms with Gasteiger partial charge in [-0.05, 0) is 37.2 Å². The second-order valence-corrected chi connectivity index (χ2v) is 9.87. The number of nitrogens with zero attached hydrogens (tertiary/aromatic N) is 2. The topological polar surface area (TPSA) is 35.0 Å². The molecule has 0 spiro atoms. The lowest BCUT2D eigenvalue weighted by molar-refractivity contribution is 0.215. The lowest BCUT2D eigenvalue weighted by atomic mass is 9.98. The Kier molecular flexibility index (Phi) is 14.5. The molecule has 2 aromatic rings. The lowest BCUT2D eigenvalue weighted by Gasteiger charge is -2.13. The van der Waals surface area contributed by atoms with E-state index in [1.807, 2.05) is 0 Å². The van der Waals surface area contributed by atoms with Crippen molar-refractivity contribution in [2.24, 2.45) is 5.92 Å². The van der Waals surface area contributed by atoms with E-state index in [0.29, 0.717) is 36.9 Å². The van der Waals surface area contributed by atoms with E-state index in [1.165, 1.54) is 69.8 Å². The predicted octanol–water partition coefficient (Wildman–Crippen LogP) is 9.15. The zero-order valence-electron chi connectivity index (χ0n) is 21.9. The van der Waals surface area contributed by atoms with Gasteiger partial charge in [0.2, 0.25) is 0 Å². The fraction of sp³-hybridized carbons (Fsp3) is 0.667. The fourth-order valence-electron chi connectivity index (χ4n) is 4.37. The molecule has 0 saturated carbocycles. The zero-order chi connectivity index (χ0) is 24.4. The van der Waals surface area contributed by atoms with Gasteiger partial charge in [0.25, 0.3) is 0 Å². The van der Waals surface area contributed by atoms with Gasteiger partial charge in [-0.2, -0.15) is 0 Å². The Bertz CT molecular complexity index is 747. The summed E-state index contributed by atoms with van der Waals surface area (Å²) in [5.41, 5.74) is 2.38. The highest BCUT2D eigenvalue weighted by molar-refractivity contribution is 5.55. The van der Waals surface area contributed by atoms with Crippen molar-refractivity contribution in [1.29, 1.82) is 0 Å². The summed E-state index contributed by atoms with van der Waals surface area (Å²) in [7, 11) is 0. The standard InChI is InChI=1S/C30H47FN2O/c1-4-6-7-8-9-10-11-12-14-26-16-18-27(19-17-26)30-32-23-29(24-33-30)34-22-21-28(31)20-15-25(3)13-5-2/h16-19,23-25,28H,4-15,20-22H2,1-3H3. The van der Waals surface area contributed by atoms with E-state index < -0.39 is 6.17 Å². The number of hydrogen-bond acceptors (Lipinski definition) is 3. The SMILES string of the molecule is CCCCCCCCCCc1ccc(-c2ncc(OCCC(F)CCC(C)CCC)cn2)cc1. The summed E-state index contributed by atoms with van der Waals surface area (Å²) in [6.45, 7) is 7.01. The third-order valence-corrected chi connectivity index (χ3v) is 6.61. The van der Waals surface area contributed by atoms with E-state index in [-0.39, 0.29) is 0 Å². The van der Waals surface area contributed by atoms with E-state index in [4.69, 9.17) is 4.74 Å². The Morgan fingerprint density at radius 1 is 0.765 bits per heavy atom. The highest BCUT2D eigenvalue weighted by atomic mass is 19.1. The molecule has 0 amide bonds. The molecule has 4 heteroatoms. The maximum atomic E-state index is 14.1. The molecule has 0 saturated heterocycles. The summed E-state index contributed by atoms with van der Waals surface area (Å²) < 4.78 is 19.8. The summed E-state index contributed by atoms with van der Waals surface area (Å²) >= 11 is 0. The van der Waals surface area contributed by atoms with Crippen LogP contribution in [-0.2, 0) is 6.42 Å². The largest absolute Gasteiger partial charge is 0.490 e. The van der Waals surface area contributed by atoms with Crippen LogP contribution in [0.2, 0.25) is 0 Å². The van der Waals surface area contributed by atoms with E-state index in [2.05, 4.69) is 55.0 Å². The van der Waals surface area contributed by atoms with Crippen LogP contribution >= 0.6 is 0 Å². The van der Waals surface area contributed by atoms with E-state index in [9.17, 15) is 4.39 Å². The molecule has 0 radical (unpaired) electrons.